The smallest absolute Gasteiger partial charge is 0.328 e. The van der Waals surface area contributed by atoms with Crippen molar-refractivity contribution in [3.63, 3.8) is 0 Å². The average Bonchev–Trinajstić information content (AvgIpc) is 3.21. The van der Waals surface area contributed by atoms with E-state index in [4.69, 9.17) is 21.5 Å². The number of nitrogens with zero attached hydrogens (tertiary/aromatic N) is 2. The molecule has 0 radical (unpaired) electrons. The van der Waals surface area contributed by atoms with Crippen LogP contribution in [-0.4, -0.2) is 57.5 Å². The van der Waals surface area contributed by atoms with Crippen molar-refractivity contribution in [2.45, 2.75) is 18.7 Å². The molecule has 13 heteroatoms. The van der Waals surface area contributed by atoms with Crippen LogP contribution < -0.4 is 16.0 Å². The van der Waals surface area contributed by atoms with E-state index >= 15 is 0 Å². The summed E-state index contributed by atoms with van der Waals surface area (Å²) >= 11 is 6.47. The summed E-state index contributed by atoms with van der Waals surface area (Å²) in [4.78, 5) is 56.4. The Hall–Kier alpha value is -3.51. The molecule has 1 aromatic carbocycles. The predicted octanol–water partition coefficient (Wildman–Crippen LogP) is 0.309. The van der Waals surface area contributed by atoms with Gasteiger partial charge in [0.15, 0.2) is 16.9 Å². The Morgan fingerprint density at radius 1 is 1.29 bits per heavy atom. The summed E-state index contributed by atoms with van der Waals surface area (Å²) in [6.45, 7) is 0.0548. The summed E-state index contributed by atoms with van der Waals surface area (Å²) < 4.78 is 0. The fourth-order valence-electron chi connectivity index (χ4n) is 2.49. The number of hydrogen-bond acceptors (Lipinski definition) is 8. The zero-order chi connectivity index (χ0) is 22.4. The number of thiazole rings is 1. The molecule has 0 aliphatic carbocycles. The number of carbonyl (C=O) groups is 4. The molecule has 0 bridgehead atoms. The number of aliphatic carboxylic acids is 1. The van der Waals surface area contributed by atoms with E-state index in [-0.39, 0.29) is 29.0 Å². The van der Waals surface area contributed by atoms with Crippen LogP contribution in [0.4, 0.5) is 5.13 Å². The molecule has 4 N–H and O–H groups in total. The highest BCUT2D eigenvalue weighted by Gasteiger charge is 2.45. The van der Waals surface area contributed by atoms with Gasteiger partial charge < -0.3 is 25.9 Å². The van der Waals surface area contributed by atoms with Crippen LogP contribution in [0.15, 0.2) is 40.9 Å². The second kappa shape index (κ2) is 10.00. The lowest BCUT2D eigenvalue weighted by Crippen LogP contribution is -2.72. The molecule has 3 rings (SSSR count). The molecule has 1 aliphatic heterocycles. The third-order valence-corrected chi connectivity index (χ3v) is 5.03. The number of anilines is 1. The molecule has 1 fully saturated rings. The third kappa shape index (κ3) is 5.55. The number of rotatable bonds is 9. The first-order valence-electron chi connectivity index (χ1n) is 8.78. The highest BCUT2D eigenvalue weighted by atomic mass is 35.5. The minimum absolute atomic E-state index is 0.0548. The Morgan fingerprint density at radius 2 is 2.03 bits per heavy atom. The second-order valence-corrected chi connectivity index (χ2v) is 7.32. The fraction of sp³-hybridized carbons (Fsp3) is 0.222. The summed E-state index contributed by atoms with van der Waals surface area (Å²) in [5.74, 6) is -3.55. The number of oxime groups is 1. The van der Waals surface area contributed by atoms with E-state index in [0.717, 1.165) is 16.9 Å². The Balaban J connectivity index is 1.79. The topological polar surface area (TPSA) is 159 Å². The molecule has 1 saturated heterocycles. The number of carboxylic acid groups (broad SMARTS) is 1. The molecular weight excluding hydrogens is 450 g/mol. The van der Waals surface area contributed by atoms with Gasteiger partial charge in [-0.1, -0.05) is 35.5 Å². The summed E-state index contributed by atoms with van der Waals surface area (Å²) in [7, 11) is 0. The lowest BCUT2D eigenvalue weighted by Gasteiger charge is -2.33. The van der Waals surface area contributed by atoms with Gasteiger partial charge in [-0.15, -0.1) is 22.9 Å². The van der Waals surface area contributed by atoms with Gasteiger partial charge in [-0.3, -0.25) is 14.4 Å². The van der Waals surface area contributed by atoms with Crippen LogP contribution in [-0.2, 0) is 30.6 Å². The van der Waals surface area contributed by atoms with Gasteiger partial charge >= 0.3 is 5.97 Å². The highest BCUT2D eigenvalue weighted by Crippen LogP contribution is 2.17. The number of amides is 3. The van der Waals surface area contributed by atoms with Crippen LogP contribution in [0.5, 0.6) is 0 Å². The predicted molar refractivity (Wildman–Crippen MR) is 111 cm³/mol. The summed E-state index contributed by atoms with van der Waals surface area (Å²) in [6.07, 6.45) is 0. The number of carboxylic acids is 1. The first kappa shape index (κ1) is 22.2. The molecular formula is C18H16ClN5O6S. The maximum absolute atomic E-state index is 12.8. The number of β-lactam (4-membered cyclic amide) rings is 1. The standard InChI is InChI=1S/C18H16ClN5O6S/c19-6-11(25)21-18-20-10(8-31-18)12(24-30-7-9-4-2-1-3-5-9)15(26)22-13-14(17(28)29)23-16(13)27/h1-5,8,13-14H,6-7H2,(H,22,26)(H,23,27)(H,28,29)(H,20,21,25). The monoisotopic (exact) mass is 465 g/mol. The van der Waals surface area contributed by atoms with Gasteiger partial charge in [0, 0.05) is 5.38 Å². The number of alkyl halides is 1. The molecule has 1 aromatic heterocycles. The molecule has 2 aromatic rings. The SMILES string of the molecule is O=C(CCl)Nc1nc(C(=NOCc2ccccc2)C(=O)NC2C(=O)NC2C(=O)O)cs1. The molecule has 2 unspecified atom stereocenters. The van der Waals surface area contributed by atoms with E-state index in [1.54, 1.807) is 12.1 Å². The van der Waals surface area contributed by atoms with Gasteiger partial charge in [-0.25, -0.2) is 9.78 Å². The van der Waals surface area contributed by atoms with E-state index in [0.29, 0.717) is 0 Å². The first-order chi connectivity index (χ1) is 14.9. The van der Waals surface area contributed by atoms with Crippen molar-refractivity contribution in [1.82, 2.24) is 15.6 Å². The van der Waals surface area contributed by atoms with Crippen LogP contribution in [0.25, 0.3) is 0 Å². The number of aromatic nitrogens is 1. The van der Waals surface area contributed by atoms with Crippen molar-refractivity contribution in [2.75, 3.05) is 11.2 Å². The fourth-order valence-corrected chi connectivity index (χ4v) is 3.27. The zero-order valence-electron chi connectivity index (χ0n) is 15.7. The minimum atomic E-state index is -1.29. The molecule has 2 heterocycles. The van der Waals surface area contributed by atoms with Crippen LogP contribution in [0.1, 0.15) is 11.3 Å². The highest BCUT2D eigenvalue weighted by molar-refractivity contribution is 7.14. The maximum atomic E-state index is 12.8. The van der Waals surface area contributed by atoms with Crippen LogP contribution in [0.2, 0.25) is 0 Å². The van der Waals surface area contributed by atoms with E-state index in [1.807, 2.05) is 18.2 Å². The van der Waals surface area contributed by atoms with Crippen molar-refractivity contribution < 1.29 is 29.1 Å². The summed E-state index contributed by atoms with van der Waals surface area (Å²) in [5.41, 5.74) is 0.568. The number of benzene rings is 1. The number of halogens is 1. The van der Waals surface area contributed by atoms with Crippen molar-refractivity contribution in [3.8, 4) is 0 Å². The lowest BCUT2D eigenvalue weighted by atomic mass is 9.99. The van der Waals surface area contributed by atoms with E-state index < -0.39 is 35.8 Å². The second-order valence-electron chi connectivity index (χ2n) is 6.19. The van der Waals surface area contributed by atoms with Crippen molar-refractivity contribution in [3.05, 3.63) is 47.0 Å². The summed E-state index contributed by atoms with van der Waals surface area (Å²) in [6, 6.07) is 6.53. The molecule has 0 saturated carbocycles. The van der Waals surface area contributed by atoms with Crippen molar-refractivity contribution in [2.24, 2.45) is 5.16 Å². The van der Waals surface area contributed by atoms with Gasteiger partial charge in [-0.05, 0) is 5.56 Å². The largest absolute Gasteiger partial charge is 0.480 e. The maximum Gasteiger partial charge on any atom is 0.328 e. The Labute approximate surface area is 184 Å². The lowest BCUT2D eigenvalue weighted by molar-refractivity contribution is -0.151. The Morgan fingerprint density at radius 3 is 2.68 bits per heavy atom. The van der Waals surface area contributed by atoms with Crippen LogP contribution in [0, 0.1) is 0 Å². The Bertz CT molecular complexity index is 1030. The zero-order valence-corrected chi connectivity index (χ0v) is 17.3. The van der Waals surface area contributed by atoms with Gasteiger partial charge in [-0.2, -0.15) is 0 Å². The van der Waals surface area contributed by atoms with Crippen molar-refractivity contribution in [1.29, 1.82) is 0 Å². The average molecular weight is 466 g/mol. The van der Waals surface area contributed by atoms with Crippen molar-refractivity contribution >= 4 is 57.5 Å². The Kier molecular flexibility index (Phi) is 7.15. The molecule has 31 heavy (non-hydrogen) atoms. The summed E-state index contributed by atoms with van der Waals surface area (Å²) in [5, 5.41) is 21.5. The molecule has 11 nitrogen and oxygen atoms in total. The molecule has 1 aliphatic rings. The van der Waals surface area contributed by atoms with Gasteiger partial charge in [0.25, 0.3) is 5.91 Å². The van der Waals surface area contributed by atoms with Gasteiger partial charge in [0.05, 0.1) is 0 Å². The number of carbonyl (C=O) groups excluding carboxylic acids is 3. The molecule has 162 valence electrons. The van der Waals surface area contributed by atoms with E-state index in [2.05, 4.69) is 26.1 Å². The molecule has 3 amide bonds. The quantitative estimate of drug-likeness (QED) is 0.179. The minimum Gasteiger partial charge on any atom is -0.480 e. The molecule has 0 spiro atoms. The molecule has 2 atom stereocenters. The van der Waals surface area contributed by atoms with Crippen LogP contribution >= 0.6 is 22.9 Å². The van der Waals surface area contributed by atoms with E-state index in [9.17, 15) is 19.2 Å². The number of nitrogens with one attached hydrogen (secondary N) is 3. The first-order valence-corrected chi connectivity index (χ1v) is 10.2. The van der Waals surface area contributed by atoms with Crippen LogP contribution in [0.3, 0.4) is 0 Å². The number of hydrogen-bond donors (Lipinski definition) is 4. The normalized spacial score (nSPS) is 17.8. The van der Waals surface area contributed by atoms with Gasteiger partial charge in [0.2, 0.25) is 11.8 Å². The third-order valence-electron chi connectivity index (χ3n) is 4.03. The van der Waals surface area contributed by atoms with Gasteiger partial charge in [0.1, 0.15) is 24.2 Å². The van der Waals surface area contributed by atoms with E-state index in [1.165, 1.54) is 5.38 Å².